The number of methoxy groups -OCH3 is 1. The lowest BCUT2D eigenvalue weighted by atomic mass is 9.86. The number of benzene rings is 3. The van der Waals surface area contributed by atoms with Gasteiger partial charge in [0.15, 0.2) is 6.04 Å². The second-order valence-corrected chi connectivity index (χ2v) is 14.9. The van der Waals surface area contributed by atoms with Crippen LogP contribution in [-0.4, -0.2) is 71.3 Å². The molecule has 5 rings (SSSR count). The highest BCUT2D eigenvalue weighted by molar-refractivity contribution is 7.89. The summed E-state index contributed by atoms with van der Waals surface area (Å²) in [5.74, 6) is -4.41. The van der Waals surface area contributed by atoms with Gasteiger partial charge in [-0.05, 0) is 54.3 Å². The lowest BCUT2D eigenvalue weighted by molar-refractivity contribution is -0.157. The number of nitrogens with zero attached hydrogens (tertiary/aromatic N) is 3. The van der Waals surface area contributed by atoms with Crippen LogP contribution in [0, 0.1) is 0 Å². The van der Waals surface area contributed by atoms with Crippen LogP contribution in [-0.2, 0) is 36.3 Å². The normalized spacial score (nSPS) is 16.6. The van der Waals surface area contributed by atoms with Crippen molar-refractivity contribution in [3.63, 3.8) is 0 Å². The van der Waals surface area contributed by atoms with Gasteiger partial charge < -0.3 is 9.84 Å². The van der Waals surface area contributed by atoms with Crippen molar-refractivity contribution >= 4 is 80.2 Å². The van der Waals surface area contributed by atoms with Gasteiger partial charge in [0.25, 0.3) is 11.8 Å². The zero-order valence-corrected chi connectivity index (χ0v) is 30.4. The van der Waals surface area contributed by atoms with Gasteiger partial charge in [0.1, 0.15) is 5.54 Å². The summed E-state index contributed by atoms with van der Waals surface area (Å²) >= 11 is 24.9. The summed E-state index contributed by atoms with van der Waals surface area (Å²) in [6.07, 6.45) is 1.92. The van der Waals surface area contributed by atoms with Gasteiger partial charge in [0.05, 0.1) is 33.2 Å². The molecule has 1 aliphatic heterocycles. The minimum atomic E-state index is -4.63. The Labute approximate surface area is 312 Å². The van der Waals surface area contributed by atoms with Crippen molar-refractivity contribution < 1.29 is 37.4 Å². The minimum absolute atomic E-state index is 0.00781. The van der Waals surface area contributed by atoms with Crippen molar-refractivity contribution in [3.8, 4) is 0 Å². The van der Waals surface area contributed by atoms with E-state index in [0.29, 0.717) is 10.6 Å². The number of hydrogen-bond donors (Lipinski definition) is 2. The van der Waals surface area contributed by atoms with E-state index in [1.165, 1.54) is 49.6 Å². The number of aromatic nitrogens is 1. The van der Waals surface area contributed by atoms with E-state index in [0.717, 1.165) is 16.7 Å². The summed E-state index contributed by atoms with van der Waals surface area (Å²) in [5, 5.41) is 10.8. The summed E-state index contributed by atoms with van der Waals surface area (Å²) in [7, 11) is -3.45. The molecule has 1 aromatic heterocycles. The Hall–Kier alpha value is -4.24. The number of hydrogen-bond acceptors (Lipinski definition) is 8. The van der Waals surface area contributed by atoms with Crippen LogP contribution < -0.4 is 5.43 Å². The maximum atomic E-state index is 15.4. The number of nitrogens with one attached hydrogen (secondary N) is 1. The average molecular weight is 794 g/mol. The van der Waals surface area contributed by atoms with Crippen LogP contribution in [0.25, 0.3) is 0 Å². The van der Waals surface area contributed by atoms with Gasteiger partial charge in [-0.25, -0.2) is 23.0 Å². The van der Waals surface area contributed by atoms with Crippen LogP contribution in [0.1, 0.15) is 44.7 Å². The van der Waals surface area contributed by atoms with Gasteiger partial charge in [0, 0.05) is 35.4 Å². The standard InChI is InChI=1S/C34H28Cl4N4O8S/c1-50-32(46)21-8-10-22(11-9-21)34(12-5-13-41(34)51(48,49)25-16-23(35)15-24(36)17-25)33(47)42(28(31(44)45)14-20-6-3-2-4-7-20)40-30(43)29-26(37)18-39-19-27(29)38/h2-4,6-11,15-19,28H,5,12-14H2,1H3,(H,40,43)(H,44,45)/t28-,34?/m0/s1. The van der Waals surface area contributed by atoms with Gasteiger partial charge in [0.2, 0.25) is 10.0 Å². The van der Waals surface area contributed by atoms with Gasteiger partial charge in [-0.15, -0.1) is 0 Å². The number of ether oxygens (including phenoxy) is 1. The zero-order valence-electron chi connectivity index (χ0n) is 26.6. The van der Waals surface area contributed by atoms with Gasteiger partial charge in [-0.1, -0.05) is 88.9 Å². The Bertz CT molecular complexity index is 2060. The first kappa shape index (κ1) is 38.0. The molecule has 0 radical (unpaired) electrons. The van der Waals surface area contributed by atoms with E-state index < -0.39 is 45.4 Å². The number of carbonyl (C=O) groups excluding carboxylic acids is 3. The Morgan fingerprint density at radius 2 is 1.57 bits per heavy atom. The highest BCUT2D eigenvalue weighted by Gasteiger charge is 2.57. The quantitative estimate of drug-likeness (QED) is 0.144. The SMILES string of the molecule is COC(=O)c1ccc(C2(C(=O)N(NC(=O)c3c(Cl)cncc3Cl)[C@@H](Cc3ccccc3)C(=O)O)CCCN2S(=O)(=O)c2cc(Cl)cc(Cl)c2)cc1. The number of carboxylic acid groups (broad SMARTS) is 1. The highest BCUT2D eigenvalue weighted by Crippen LogP contribution is 2.45. The molecule has 1 aliphatic rings. The lowest BCUT2D eigenvalue weighted by Gasteiger charge is -2.42. The summed E-state index contributed by atoms with van der Waals surface area (Å²) in [6.45, 7) is -0.211. The Morgan fingerprint density at radius 3 is 2.14 bits per heavy atom. The first-order chi connectivity index (χ1) is 24.2. The smallest absolute Gasteiger partial charge is 0.337 e. The molecule has 51 heavy (non-hydrogen) atoms. The van der Waals surface area contributed by atoms with E-state index in [2.05, 4.69) is 10.4 Å². The van der Waals surface area contributed by atoms with Crippen LogP contribution >= 0.6 is 46.4 Å². The maximum Gasteiger partial charge on any atom is 0.337 e. The molecule has 266 valence electrons. The number of hydrazine groups is 1. The van der Waals surface area contributed by atoms with Crippen LogP contribution in [0.2, 0.25) is 20.1 Å². The topological polar surface area (TPSA) is 163 Å². The highest BCUT2D eigenvalue weighted by atomic mass is 35.5. The molecule has 17 heteroatoms. The molecule has 4 aromatic rings. The Morgan fingerprint density at radius 1 is 0.961 bits per heavy atom. The number of pyridine rings is 1. The largest absolute Gasteiger partial charge is 0.480 e. The molecule has 1 fully saturated rings. The molecule has 2 N–H and O–H groups in total. The first-order valence-electron chi connectivity index (χ1n) is 15.1. The third kappa shape index (κ3) is 7.69. The summed E-state index contributed by atoms with van der Waals surface area (Å²) in [4.78, 5) is 58.1. The second-order valence-electron chi connectivity index (χ2n) is 11.4. The number of sulfonamides is 1. The van der Waals surface area contributed by atoms with Crippen LogP contribution in [0.5, 0.6) is 0 Å². The summed E-state index contributed by atoms with van der Waals surface area (Å²) in [5.41, 5.74) is 0.534. The van der Waals surface area contributed by atoms with E-state index in [4.69, 9.17) is 51.1 Å². The lowest BCUT2D eigenvalue weighted by Crippen LogP contribution is -2.64. The molecule has 0 bridgehead atoms. The van der Waals surface area contributed by atoms with Crippen molar-refractivity contribution in [2.24, 2.45) is 0 Å². The molecule has 1 saturated heterocycles. The molecule has 0 aliphatic carbocycles. The molecule has 2 atom stereocenters. The third-order valence-electron chi connectivity index (χ3n) is 8.28. The number of halogens is 4. The number of amides is 2. The van der Waals surface area contributed by atoms with Crippen molar-refractivity contribution in [1.29, 1.82) is 0 Å². The molecule has 0 saturated carbocycles. The number of aliphatic carboxylic acids is 1. The number of esters is 1. The molecule has 2 amide bonds. The second kappa shape index (κ2) is 15.6. The van der Waals surface area contributed by atoms with E-state index in [-0.39, 0.29) is 67.5 Å². The monoisotopic (exact) mass is 792 g/mol. The fraction of sp³-hybridized carbons (Fsp3) is 0.206. The van der Waals surface area contributed by atoms with Gasteiger partial charge in [-0.3, -0.25) is 20.0 Å². The number of rotatable bonds is 10. The van der Waals surface area contributed by atoms with E-state index in [9.17, 15) is 27.9 Å². The first-order valence-corrected chi connectivity index (χ1v) is 18.0. The predicted octanol–water partition coefficient (Wildman–Crippen LogP) is 6.03. The maximum absolute atomic E-state index is 15.4. The van der Waals surface area contributed by atoms with E-state index in [1.54, 1.807) is 30.3 Å². The molecule has 12 nitrogen and oxygen atoms in total. The van der Waals surface area contributed by atoms with Gasteiger partial charge >= 0.3 is 11.9 Å². The van der Waals surface area contributed by atoms with E-state index >= 15 is 4.79 Å². The molecular formula is C34H28Cl4N4O8S. The van der Waals surface area contributed by atoms with Crippen LogP contribution in [0.15, 0.2) is 90.1 Å². The van der Waals surface area contributed by atoms with Crippen molar-refractivity contribution in [2.45, 2.75) is 35.7 Å². The molecular weight excluding hydrogens is 766 g/mol. The fourth-order valence-corrected chi connectivity index (χ4v) is 8.99. The average Bonchev–Trinajstić information content (AvgIpc) is 3.56. The molecule has 2 heterocycles. The fourth-order valence-electron chi connectivity index (χ4n) is 5.94. The summed E-state index contributed by atoms with van der Waals surface area (Å²) in [6, 6.07) is 15.6. The Balaban J connectivity index is 1.74. The zero-order chi connectivity index (χ0) is 37.1. The molecule has 1 unspecified atom stereocenters. The van der Waals surface area contributed by atoms with Crippen molar-refractivity contribution in [1.82, 2.24) is 19.7 Å². The van der Waals surface area contributed by atoms with E-state index in [1.807, 2.05) is 0 Å². The predicted molar refractivity (Wildman–Crippen MR) is 189 cm³/mol. The molecule has 0 spiro atoms. The van der Waals surface area contributed by atoms with Crippen LogP contribution in [0.4, 0.5) is 0 Å². The van der Waals surface area contributed by atoms with Gasteiger partial charge in [-0.2, -0.15) is 4.31 Å². The number of carbonyl (C=O) groups is 4. The van der Waals surface area contributed by atoms with Crippen molar-refractivity contribution in [2.75, 3.05) is 13.7 Å². The molecule has 3 aromatic carbocycles. The van der Waals surface area contributed by atoms with Crippen molar-refractivity contribution in [3.05, 3.63) is 128 Å². The summed E-state index contributed by atoms with van der Waals surface area (Å²) < 4.78 is 34.8. The number of carboxylic acids is 1. The van der Waals surface area contributed by atoms with Crippen LogP contribution in [0.3, 0.4) is 0 Å². The minimum Gasteiger partial charge on any atom is -0.480 e. The Kier molecular flexibility index (Phi) is 11.6. The third-order valence-corrected chi connectivity index (χ3v) is 11.2.